The van der Waals surface area contributed by atoms with Gasteiger partial charge in [-0.1, -0.05) is 12.2 Å². The standard InChI is InChI=1S/C10H12N2O2S/c1-6-2-3-8(9(11)15)10(12-6)14-7-4-13-5-7/h2-3,7H,4-5H2,1H3,(H2,11,15). The Bertz CT molecular complexity index is 391. The van der Waals surface area contributed by atoms with Crippen molar-refractivity contribution in [2.45, 2.75) is 13.0 Å². The minimum absolute atomic E-state index is 0.0763. The summed E-state index contributed by atoms with van der Waals surface area (Å²) in [6, 6.07) is 3.69. The predicted molar refractivity (Wildman–Crippen MR) is 60.1 cm³/mol. The maximum Gasteiger partial charge on any atom is 0.224 e. The van der Waals surface area contributed by atoms with Crippen molar-refractivity contribution in [3.8, 4) is 5.88 Å². The first-order valence-electron chi connectivity index (χ1n) is 4.68. The maximum absolute atomic E-state index is 5.62. The molecule has 0 radical (unpaired) electrons. The summed E-state index contributed by atoms with van der Waals surface area (Å²) >= 11 is 4.93. The molecule has 4 nitrogen and oxygen atoms in total. The molecule has 1 saturated heterocycles. The number of rotatable bonds is 3. The fraction of sp³-hybridized carbons (Fsp3) is 0.400. The highest BCUT2D eigenvalue weighted by atomic mass is 32.1. The van der Waals surface area contributed by atoms with Gasteiger partial charge in [0, 0.05) is 5.69 Å². The van der Waals surface area contributed by atoms with Crippen molar-refractivity contribution in [1.82, 2.24) is 4.98 Å². The molecule has 1 aromatic rings. The molecule has 0 aromatic carbocycles. The molecule has 0 spiro atoms. The fourth-order valence-corrected chi connectivity index (χ4v) is 1.41. The van der Waals surface area contributed by atoms with Gasteiger partial charge in [-0.25, -0.2) is 4.98 Å². The van der Waals surface area contributed by atoms with Gasteiger partial charge in [-0.2, -0.15) is 0 Å². The van der Waals surface area contributed by atoms with Crippen molar-refractivity contribution < 1.29 is 9.47 Å². The molecule has 80 valence electrons. The van der Waals surface area contributed by atoms with E-state index >= 15 is 0 Å². The third-order valence-electron chi connectivity index (χ3n) is 2.15. The van der Waals surface area contributed by atoms with Gasteiger partial charge in [-0.15, -0.1) is 0 Å². The van der Waals surface area contributed by atoms with Crippen LogP contribution in [-0.4, -0.2) is 29.3 Å². The molecule has 1 fully saturated rings. The predicted octanol–water partition coefficient (Wildman–Crippen LogP) is 0.802. The van der Waals surface area contributed by atoms with E-state index in [0.717, 1.165) is 5.69 Å². The van der Waals surface area contributed by atoms with Gasteiger partial charge in [-0.05, 0) is 19.1 Å². The van der Waals surface area contributed by atoms with Gasteiger partial charge in [0.15, 0.2) is 0 Å². The number of hydrogen-bond acceptors (Lipinski definition) is 4. The number of nitrogens with zero attached hydrogens (tertiary/aromatic N) is 1. The second-order valence-corrected chi connectivity index (χ2v) is 3.89. The Hall–Kier alpha value is -1.20. The van der Waals surface area contributed by atoms with Crippen molar-refractivity contribution in [3.05, 3.63) is 23.4 Å². The highest BCUT2D eigenvalue weighted by molar-refractivity contribution is 7.80. The van der Waals surface area contributed by atoms with Gasteiger partial charge in [0.05, 0.1) is 18.8 Å². The largest absolute Gasteiger partial charge is 0.469 e. The lowest BCUT2D eigenvalue weighted by atomic mass is 10.2. The molecule has 15 heavy (non-hydrogen) atoms. The Balaban J connectivity index is 2.24. The third kappa shape index (κ3) is 2.24. The third-order valence-corrected chi connectivity index (χ3v) is 2.37. The summed E-state index contributed by atoms with van der Waals surface area (Å²) in [5.41, 5.74) is 7.14. The van der Waals surface area contributed by atoms with Crippen LogP contribution in [0.4, 0.5) is 0 Å². The molecule has 0 bridgehead atoms. The summed E-state index contributed by atoms with van der Waals surface area (Å²) in [4.78, 5) is 4.57. The molecule has 2 rings (SSSR count). The van der Waals surface area contributed by atoms with Crippen molar-refractivity contribution in [3.63, 3.8) is 0 Å². The van der Waals surface area contributed by atoms with Crippen LogP contribution in [0.1, 0.15) is 11.3 Å². The van der Waals surface area contributed by atoms with Crippen LogP contribution in [0.25, 0.3) is 0 Å². The first-order chi connectivity index (χ1) is 7.16. The Morgan fingerprint density at radius 2 is 2.33 bits per heavy atom. The maximum atomic E-state index is 5.62. The number of thiocarbonyl (C=S) groups is 1. The van der Waals surface area contributed by atoms with Crippen LogP contribution in [0, 0.1) is 6.92 Å². The van der Waals surface area contributed by atoms with Crippen molar-refractivity contribution in [1.29, 1.82) is 0 Å². The quantitative estimate of drug-likeness (QED) is 0.770. The van der Waals surface area contributed by atoms with Crippen molar-refractivity contribution in [2.24, 2.45) is 5.73 Å². The van der Waals surface area contributed by atoms with Gasteiger partial charge >= 0.3 is 0 Å². The number of hydrogen-bond donors (Lipinski definition) is 1. The highest BCUT2D eigenvalue weighted by Gasteiger charge is 2.22. The Morgan fingerprint density at radius 3 is 2.87 bits per heavy atom. The zero-order valence-electron chi connectivity index (χ0n) is 8.40. The van der Waals surface area contributed by atoms with Crippen LogP contribution >= 0.6 is 12.2 Å². The zero-order chi connectivity index (χ0) is 10.8. The first-order valence-corrected chi connectivity index (χ1v) is 5.09. The molecular weight excluding hydrogens is 212 g/mol. The van der Waals surface area contributed by atoms with Crippen molar-refractivity contribution in [2.75, 3.05) is 13.2 Å². The number of ether oxygens (including phenoxy) is 2. The van der Waals surface area contributed by atoms with E-state index in [0.29, 0.717) is 29.6 Å². The molecule has 0 unspecified atom stereocenters. The lowest BCUT2D eigenvalue weighted by molar-refractivity contribution is -0.0814. The molecule has 1 aliphatic heterocycles. The van der Waals surface area contributed by atoms with Gasteiger partial charge in [0.25, 0.3) is 0 Å². The number of aromatic nitrogens is 1. The molecule has 2 N–H and O–H groups in total. The van der Waals surface area contributed by atoms with Crippen LogP contribution in [-0.2, 0) is 4.74 Å². The summed E-state index contributed by atoms with van der Waals surface area (Å²) in [6.45, 7) is 3.10. The summed E-state index contributed by atoms with van der Waals surface area (Å²) in [5.74, 6) is 0.510. The Kier molecular flexibility index (Phi) is 2.83. The molecular formula is C10H12N2O2S. The SMILES string of the molecule is Cc1ccc(C(N)=S)c(OC2COC2)n1. The van der Waals surface area contributed by atoms with E-state index in [9.17, 15) is 0 Å². The smallest absolute Gasteiger partial charge is 0.224 e. The van der Waals surface area contributed by atoms with Gasteiger partial charge in [0.1, 0.15) is 11.1 Å². The van der Waals surface area contributed by atoms with Gasteiger partial charge < -0.3 is 15.2 Å². The lowest BCUT2D eigenvalue weighted by Gasteiger charge is -2.27. The number of pyridine rings is 1. The Labute approximate surface area is 93.4 Å². The van der Waals surface area contributed by atoms with E-state index in [1.807, 2.05) is 19.1 Å². The molecule has 5 heteroatoms. The Morgan fingerprint density at radius 1 is 1.60 bits per heavy atom. The van der Waals surface area contributed by atoms with E-state index in [-0.39, 0.29) is 6.10 Å². The second kappa shape index (κ2) is 4.12. The minimum atomic E-state index is 0.0763. The second-order valence-electron chi connectivity index (χ2n) is 3.45. The normalized spacial score (nSPS) is 15.8. The summed E-state index contributed by atoms with van der Waals surface area (Å²) < 4.78 is 10.6. The van der Waals surface area contributed by atoms with Gasteiger partial charge in [0.2, 0.25) is 5.88 Å². The van der Waals surface area contributed by atoms with E-state index in [4.69, 9.17) is 27.4 Å². The molecule has 0 amide bonds. The van der Waals surface area contributed by atoms with Crippen LogP contribution < -0.4 is 10.5 Å². The average Bonchev–Trinajstić information content (AvgIpc) is 2.11. The van der Waals surface area contributed by atoms with Crippen LogP contribution in [0.2, 0.25) is 0 Å². The van der Waals surface area contributed by atoms with Crippen LogP contribution in [0.5, 0.6) is 5.88 Å². The molecule has 1 aliphatic rings. The molecule has 2 heterocycles. The minimum Gasteiger partial charge on any atom is -0.469 e. The molecule has 0 aliphatic carbocycles. The molecule has 0 saturated carbocycles. The number of aryl methyl sites for hydroxylation is 1. The topological polar surface area (TPSA) is 57.4 Å². The van der Waals surface area contributed by atoms with E-state index in [1.165, 1.54) is 0 Å². The zero-order valence-corrected chi connectivity index (χ0v) is 9.21. The summed E-state index contributed by atoms with van der Waals surface area (Å²) in [7, 11) is 0. The van der Waals surface area contributed by atoms with E-state index in [2.05, 4.69) is 4.98 Å². The van der Waals surface area contributed by atoms with Crippen molar-refractivity contribution >= 4 is 17.2 Å². The fourth-order valence-electron chi connectivity index (χ4n) is 1.25. The van der Waals surface area contributed by atoms with E-state index < -0.39 is 0 Å². The number of nitrogens with two attached hydrogens (primary N) is 1. The molecule has 1 aromatic heterocycles. The monoisotopic (exact) mass is 224 g/mol. The van der Waals surface area contributed by atoms with Gasteiger partial charge in [-0.3, -0.25) is 0 Å². The highest BCUT2D eigenvalue weighted by Crippen LogP contribution is 2.19. The lowest BCUT2D eigenvalue weighted by Crippen LogP contribution is -2.39. The molecule has 0 atom stereocenters. The van der Waals surface area contributed by atoms with E-state index in [1.54, 1.807) is 0 Å². The summed E-state index contributed by atoms with van der Waals surface area (Å²) in [6.07, 6.45) is 0.0763. The summed E-state index contributed by atoms with van der Waals surface area (Å²) in [5, 5.41) is 0. The van der Waals surface area contributed by atoms with Crippen LogP contribution in [0.3, 0.4) is 0 Å². The van der Waals surface area contributed by atoms with Crippen LogP contribution in [0.15, 0.2) is 12.1 Å². The first kappa shape index (κ1) is 10.3. The average molecular weight is 224 g/mol.